The topological polar surface area (TPSA) is 109 Å². The van der Waals surface area contributed by atoms with Crippen LogP contribution in [0.3, 0.4) is 0 Å². The number of para-hydroxylation sites is 1. The van der Waals surface area contributed by atoms with Crippen LogP contribution in [0.4, 0.5) is 16.4 Å². The summed E-state index contributed by atoms with van der Waals surface area (Å²) in [6.07, 6.45) is 4.05. The third kappa shape index (κ3) is 5.60. The minimum Gasteiger partial charge on any atom is -0.484 e. The fraction of sp³-hybridized carbons (Fsp3) is 0.467. The molecule has 0 fully saturated rings. The van der Waals surface area contributed by atoms with E-state index >= 15 is 0 Å². The van der Waals surface area contributed by atoms with E-state index in [4.69, 9.17) is 19.4 Å². The molecule has 2 atom stereocenters. The zero-order valence-electron chi connectivity index (χ0n) is 24.4. The zero-order valence-corrected chi connectivity index (χ0v) is 25.3. The van der Waals surface area contributed by atoms with Gasteiger partial charge in [0.25, 0.3) is 0 Å². The molecule has 0 radical (unpaired) electrons. The smallest absolute Gasteiger partial charge is 0.416 e. The molecule has 11 heteroatoms. The molecule has 1 aromatic carbocycles. The lowest BCUT2D eigenvalue weighted by Crippen LogP contribution is -2.53. The lowest BCUT2D eigenvalue weighted by Gasteiger charge is -2.38. The lowest BCUT2D eigenvalue weighted by molar-refractivity contribution is 0.0533. The van der Waals surface area contributed by atoms with E-state index in [-0.39, 0.29) is 12.1 Å². The number of amides is 1. The second kappa shape index (κ2) is 10.6. The quantitative estimate of drug-likeness (QED) is 0.325. The Morgan fingerprint density at radius 3 is 2.80 bits per heavy atom. The van der Waals surface area contributed by atoms with E-state index < -0.39 is 11.7 Å². The van der Waals surface area contributed by atoms with Crippen LogP contribution in [0.15, 0.2) is 30.5 Å². The van der Waals surface area contributed by atoms with Crippen LogP contribution in [-0.4, -0.2) is 75.9 Å². The van der Waals surface area contributed by atoms with Crippen LogP contribution in [-0.2, 0) is 17.6 Å². The average molecular weight is 576 g/mol. The first-order valence-corrected chi connectivity index (χ1v) is 14.9. The van der Waals surface area contributed by atoms with Crippen molar-refractivity contribution in [3.63, 3.8) is 0 Å². The Labute approximate surface area is 244 Å². The number of carbonyl (C=O) groups excluding carboxylic acids is 1. The normalized spacial score (nSPS) is 18.7. The van der Waals surface area contributed by atoms with Crippen molar-refractivity contribution in [3.05, 3.63) is 46.7 Å². The molecule has 41 heavy (non-hydrogen) atoms. The summed E-state index contributed by atoms with van der Waals surface area (Å²) in [7, 11) is 3.95. The molecule has 216 valence electrons. The first kappa shape index (κ1) is 27.5. The van der Waals surface area contributed by atoms with E-state index in [9.17, 15) is 4.79 Å². The summed E-state index contributed by atoms with van der Waals surface area (Å²) in [5.41, 5.74) is 3.15. The van der Waals surface area contributed by atoms with E-state index in [1.54, 1.807) is 11.1 Å². The number of carbonyl (C=O) groups is 1. The molecule has 0 saturated heterocycles. The van der Waals surface area contributed by atoms with Crippen molar-refractivity contribution in [1.29, 1.82) is 0 Å². The van der Waals surface area contributed by atoms with Crippen molar-refractivity contribution >= 4 is 40.0 Å². The molecule has 0 saturated carbocycles. The van der Waals surface area contributed by atoms with Gasteiger partial charge in [0, 0.05) is 35.4 Å². The third-order valence-corrected chi connectivity index (χ3v) is 8.21. The van der Waals surface area contributed by atoms with Crippen molar-refractivity contribution in [2.24, 2.45) is 0 Å². The summed E-state index contributed by atoms with van der Waals surface area (Å²) < 4.78 is 12.2. The van der Waals surface area contributed by atoms with Crippen LogP contribution in [0.25, 0.3) is 21.6 Å². The van der Waals surface area contributed by atoms with Gasteiger partial charge in [-0.2, -0.15) is 0 Å². The first-order valence-electron chi connectivity index (χ1n) is 14.1. The first-order chi connectivity index (χ1) is 19.6. The predicted molar refractivity (Wildman–Crippen MR) is 162 cm³/mol. The van der Waals surface area contributed by atoms with Gasteiger partial charge >= 0.3 is 6.09 Å². The fourth-order valence-corrected chi connectivity index (χ4v) is 6.33. The Hall–Kier alpha value is -3.70. The number of hydrogen-bond donors (Lipinski definition) is 2. The molecule has 2 aliphatic rings. The van der Waals surface area contributed by atoms with Gasteiger partial charge in [-0.05, 0) is 72.7 Å². The van der Waals surface area contributed by atoms with Crippen LogP contribution >= 0.6 is 11.3 Å². The van der Waals surface area contributed by atoms with E-state index in [1.807, 2.05) is 46.7 Å². The van der Waals surface area contributed by atoms with Gasteiger partial charge in [0.05, 0.1) is 15.9 Å². The summed E-state index contributed by atoms with van der Waals surface area (Å²) in [5.74, 6) is 1.98. The van der Waals surface area contributed by atoms with Crippen molar-refractivity contribution in [3.8, 4) is 16.5 Å². The highest BCUT2D eigenvalue weighted by molar-refractivity contribution is 7.14. The van der Waals surface area contributed by atoms with Gasteiger partial charge in [0.15, 0.2) is 17.5 Å². The van der Waals surface area contributed by atoms with Crippen molar-refractivity contribution in [2.45, 2.75) is 64.6 Å². The number of rotatable bonds is 5. The number of nitrogens with zero attached hydrogens (tertiary/aromatic N) is 5. The number of aromatic amines is 1. The molecule has 4 heterocycles. The maximum Gasteiger partial charge on any atom is 0.416 e. The van der Waals surface area contributed by atoms with Crippen molar-refractivity contribution < 1.29 is 14.3 Å². The molecule has 1 unspecified atom stereocenters. The maximum atomic E-state index is 13.7. The van der Waals surface area contributed by atoms with Gasteiger partial charge in [-0.3, -0.25) is 4.90 Å². The molecule has 2 N–H and O–H groups in total. The zero-order chi connectivity index (χ0) is 28.9. The van der Waals surface area contributed by atoms with Gasteiger partial charge in [0.2, 0.25) is 5.75 Å². The van der Waals surface area contributed by atoms with E-state index in [2.05, 4.69) is 39.6 Å². The number of hydrogen-bond acceptors (Lipinski definition) is 9. The number of anilines is 2. The summed E-state index contributed by atoms with van der Waals surface area (Å²) in [5, 5.41) is 5.87. The van der Waals surface area contributed by atoms with Crippen LogP contribution in [0, 0.1) is 6.92 Å². The Kier molecular flexibility index (Phi) is 7.11. The minimum absolute atomic E-state index is 0.134. The van der Waals surface area contributed by atoms with Gasteiger partial charge in [0.1, 0.15) is 12.2 Å². The van der Waals surface area contributed by atoms with E-state index in [0.717, 1.165) is 29.1 Å². The molecule has 1 amide bonds. The molecular formula is C30H37N7O3S. The van der Waals surface area contributed by atoms with Gasteiger partial charge in [-0.1, -0.05) is 18.2 Å². The number of fused-ring (bicyclic) bond motifs is 4. The number of aryl methyl sites for hydroxylation is 2. The van der Waals surface area contributed by atoms with Gasteiger partial charge < -0.3 is 24.7 Å². The number of thiazole rings is 1. The van der Waals surface area contributed by atoms with Gasteiger partial charge in [-0.25, -0.2) is 19.7 Å². The highest BCUT2D eigenvalue weighted by Crippen LogP contribution is 2.42. The highest BCUT2D eigenvalue weighted by atomic mass is 32.1. The van der Waals surface area contributed by atoms with Crippen molar-refractivity contribution in [1.82, 2.24) is 24.8 Å². The molecular weight excluding hydrogens is 538 g/mol. The molecule has 6 rings (SSSR count). The second-order valence-corrected chi connectivity index (χ2v) is 13.3. The van der Waals surface area contributed by atoms with Crippen LogP contribution in [0.1, 0.15) is 43.5 Å². The fourth-order valence-electron chi connectivity index (χ4n) is 5.62. The third-order valence-electron chi connectivity index (χ3n) is 7.30. The van der Waals surface area contributed by atoms with Crippen LogP contribution < -0.4 is 15.0 Å². The SMILES string of the molecule is Cc1ncc(-c2nc(N[C@@H]3CCc4[nH]c5ccccc5c4C3)c3c(n2)N(C(=O)OC(C)(C)C)C(CN(C)C)CO3)s1. The molecule has 0 spiro atoms. The number of benzene rings is 1. The summed E-state index contributed by atoms with van der Waals surface area (Å²) in [4.78, 5) is 36.1. The molecule has 10 nitrogen and oxygen atoms in total. The molecule has 1 aliphatic carbocycles. The van der Waals surface area contributed by atoms with Crippen LogP contribution in [0.5, 0.6) is 5.75 Å². The Morgan fingerprint density at radius 2 is 2.07 bits per heavy atom. The monoisotopic (exact) mass is 575 g/mol. The Balaban J connectivity index is 1.41. The van der Waals surface area contributed by atoms with Crippen LogP contribution in [0.2, 0.25) is 0 Å². The number of nitrogens with one attached hydrogen (secondary N) is 2. The number of aromatic nitrogens is 4. The Bertz CT molecular complexity index is 1590. The Morgan fingerprint density at radius 1 is 1.27 bits per heavy atom. The average Bonchev–Trinajstić information content (AvgIpc) is 3.50. The molecule has 1 aliphatic heterocycles. The largest absolute Gasteiger partial charge is 0.484 e. The maximum absolute atomic E-state index is 13.7. The van der Waals surface area contributed by atoms with Crippen molar-refractivity contribution in [2.75, 3.05) is 37.5 Å². The highest BCUT2D eigenvalue weighted by Gasteiger charge is 2.39. The number of ether oxygens (including phenoxy) is 2. The lowest BCUT2D eigenvalue weighted by atomic mass is 9.91. The minimum atomic E-state index is -0.664. The standard InChI is InChI=1S/C30H37N7O3S/c1-17-31-14-24(41-17)26-34-27(32-18-11-12-23-21(13-18)20-9-7-8-10-22(20)33-23)25-28(35-26)37(29(38)40-30(2,3)4)19(16-39-25)15-36(5)6/h7-10,14,18-19,33H,11-13,15-16H2,1-6H3,(H,32,34,35)/t18-,19?/m1/s1. The molecule has 0 bridgehead atoms. The van der Waals surface area contributed by atoms with Gasteiger partial charge in [-0.15, -0.1) is 11.3 Å². The second-order valence-electron chi connectivity index (χ2n) is 12.1. The molecule has 3 aromatic heterocycles. The number of likely N-dealkylation sites (N-methyl/N-ethyl adjacent to an activating group) is 1. The number of H-pyrrole nitrogens is 1. The summed E-state index contributed by atoms with van der Waals surface area (Å²) in [6.45, 7) is 8.45. The summed E-state index contributed by atoms with van der Waals surface area (Å²) >= 11 is 1.52. The molecule has 4 aromatic rings. The van der Waals surface area contributed by atoms with E-state index in [0.29, 0.717) is 36.4 Å². The van der Waals surface area contributed by atoms with E-state index in [1.165, 1.54) is 33.5 Å². The predicted octanol–water partition coefficient (Wildman–Crippen LogP) is 5.42. The summed E-state index contributed by atoms with van der Waals surface area (Å²) in [6, 6.07) is 8.30.